The maximum atomic E-state index is 8.99. The van der Waals surface area contributed by atoms with E-state index in [2.05, 4.69) is 13.8 Å². The fourth-order valence-electron chi connectivity index (χ4n) is 1.20. The van der Waals surface area contributed by atoms with Crippen molar-refractivity contribution in [3.05, 3.63) is 29.3 Å². The van der Waals surface area contributed by atoms with Crippen LogP contribution in [0.4, 0.5) is 0 Å². The first-order valence-electron chi connectivity index (χ1n) is 4.96. The fourth-order valence-corrected chi connectivity index (χ4v) is 1.20. The molecule has 0 saturated carbocycles. The predicted octanol–water partition coefficient (Wildman–Crippen LogP) is 2.52. The van der Waals surface area contributed by atoms with Gasteiger partial charge in [-0.05, 0) is 36.1 Å². The molecule has 1 aromatic rings. The molecule has 14 heavy (non-hydrogen) atoms. The minimum atomic E-state index is 0.0935. The van der Waals surface area contributed by atoms with Crippen molar-refractivity contribution >= 4 is 0 Å². The summed E-state index contributed by atoms with van der Waals surface area (Å²) in [6.07, 6.45) is 0. The summed E-state index contributed by atoms with van der Waals surface area (Å²) in [5.74, 6) is 1.42. The lowest BCUT2D eigenvalue weighted by molar-refractivity contribution is 0.268. The lowest BCUT2D eigenvalue weighted by atomic mass is 10.1. The van der Waals surface area contributed by atoms with E-state index >= 15 is 0 Å². The van der Waals surface area contributed by atoms with Crippen molar-refractivity contribution in [1.29, 1.82) is 0 Å². The van der Waals surface area contributed by atoms with E-state index in [0.717, 1.165) is 23.5 Å². The van der Waals surface area contributed by atoms with E-state index in [1.807, 2.05) is 25.1 Å². The van der Waals surface area contributed by atoms with Crippen molar-refractivity contribution in [2.24, 2.45) is 5.92 Å². The molecule has 0 saturated heterocycles. The van der Waals surface area contributed by atoms with E-state index in [4.69, 9.17) is 9.84 Å². The molecule has 0 spiro atoms. The van der Waals surface area contributed by atoms with Gasteiger partial charge in [0.05, 0.1) is 13.2 Å². The molecule has 0 aromatic heterocycles. The van der Waals surface area contributed by atoms with E-state index in [-0.39, 0.29) is 6.61 Å². The van der Waals surface area contributed by atoms with Crippen molar-refractivity contribution in [2.45, 2.75) is 27.4 Å². The maximum absolute atomic E-state index is 8.99. The molecular formula is C12H18O2. The van der Waals surface area contributed by atoms with Crippen molar-refractivity contribution in [1.82, 2.24) is 0 Å². The molecule has 1 N–H and O–H groups in total. The summed E-state index contributed by atoms with van der Waals surface area (Å²) in [7, 11) is 0. The summed E-state index contributed by atoms with van der Waals surface area (Å²) in [5, 5.41) is 8.99. The van der Waals surface area contributed by atoms with Crippen LogP contribution in [0, 0.1) is 12.8 Å². The normalized spacial score (nSPS) is 10.6. The van der Waals surface area contributed by atoms with Crippen LogP contribution in [0.5, 0.6) is 5.75 Å². The molecule has 0 bridgehead atoms. The summed E-state index contributed by atoms with van der Waals surface area (Å²) in [5.41, 5.74) is 2.04. The van der Waals surface area contributed by atoms with E-state index in [0.29, 0.717) is 5.92 Å². The molecular weight excluding hydrogens is 176 g/mol. The van der Waals surface area contributed by atoms with E-state index in [9.17, 15) is 0 Å². The molecule has 0 radical (unpaired) electrons. The van der Waals surface area contributed by atoms with E-state index < -0.39 is 0 Å². The summed E-state index contributed by atoms with van der Waals surface area (Å²) in [6.45, 7) is 7.05. The molecule has 0 fully saturated rings. The first kappa shape index (κ1) is 11.1. The van der Waals surface area contributed by atoms with Crippen LogP contribution < -0.4 is 4.74 Å². The van der Waals surface area contributed by atoms with Crippen LogP contribution in [-0.2, 0) is 6.61 Å². The number of aliphatic hydroxyl groups is 1. The quantitative estimate of drug-likeness (QED) is 0.798. The summed E-state index contributed by atoms with van der Waals surface area (Å²) >= 11 is 0. The lowest BCUT2D eigenvalue weighted by Crippen LogP contribution is -2.04. The SMILES string of the molecule is Cc1cc(OCC(C)C)ccc1CO. The Balaban J connectivity index is 2.66. The van der Waals surface area contributed by atoms with Crippen molar-refractivity contribution in [3.8, 4) is 5.75 Å². The highest BCUT2D eigenvalue weighted by Crippen LogP contribution is 2.17. The third kappa shape index (κ3) is 3.04. The molecule has 0 aliphatic rings. The van der Waals surface area contributed by atoms with E-state index in [1.54, 1.807) is 0 Å². The average molecular weight is 194 g/mol. The standard InChI is InChI=1S/C12H18O2/c1-9(2)8-14-12-5-4-11(7-13)10(3)6-12/h4-6,9,13H,7-8H2,1-3H3. The number of ether oxygens (including phenoxy) is 1. The maximum Gasteiger partial charge on any atom is 0.119 e. The van der Waals surface area contributed by atoms with Gasteiger partial charge in [-0.3, -0.25) is 0 Å². The third-order valence-corrected chi connectivity index (χ3v) is 2.07. The Hall–Kier alpha value is -1.02. The first-order valence-corrected chi connectivity index (χ1v) is 4.96. The van der Waals surface area contributed by atoms with Crippen molar-refractivity contribution in [2.75, 3.05) is 6.61 Å². The average Bonchev–Trinajstić information content (AvgIpc) is 2.15. The molecule has 0 heterocycles. The van der Waals surface area contributed by atoms with Crippen LogP contribution in [-0.4, -0.2) is 11.7 Å². The van der Waals surface area contributed by atoms with Gasteiger partial charge in [0.2, 0.25) is 0 Å². The molecule has 0 amide bonds. The van der Waals surface area contributed by atoms with Crippen LogP contribution in [0.2, 0.25) is 0 Å². The molecule has 0 atom stereocenters. The minimum Gasteiger partial charge on any atom is -0.493 e. The topological polar surface area (TPSA) is 29.5 Å². The van der Waals surface area contributed by atoms with E-state index in [1.165, 1.54) is 0 Å². The zero-order valence-corrected chi connectivity index (χ0v) is 9.08. The highest BCUT2D eigenvalue weighted by molar-refractivity contribution is 5.34. The highest BCUT2D eigenvalue weighted by atomic mass is 16.5. The van der Waals surface area contributed by atoms with Crippen LogP contribution in [0.1, 0.15) is 25.0 Å². The van der Waals surface area contributed by atoms with Gasteiger partial charge in [0, 0.05) is 0 Å². The molecule has 1 rings (SSSR count). The van der Waals surface area contributed by atoms with Gasteiger partial charge in [0.25, 0.3) is 0 Å². The number of hydrogen-bond donors (Lipinski definition) is 1. The molecule has 0 aliphatic carbocycles. The summed E-state index contributed by atoms with van der Waals surface area (Å²) < 4.78 is 5.57. The molecule has 0 aliphatic heterocycles. The number of hydrogen-bond acceptors (Lipinski definition) is 2. The summed E-state index contributed by atoms with van der Waals surface area (Å²) in [6, 6.07) is 5.78. The van der Waals surface area contributed by atoms with Crippen molar-refractivity contribution in [3.63, 3.8) is 0 Å². The highest BCUT2D eigenvalue weighted by Gasteiger charge is 2.00. The Labute approximate surface area is 85.5 Å². The number of aliphatic hydroxyl groups excluding tert-OH is 1. The summed E-state index contributed by atoms with van der Waals surface area (Å²) in [4.78, 5) is 0. The fraction of sp³-hybridized carbons (Fsp3) is 0.500. The molecule has 2 heteroatoms. The second-order valence-electron chi connectivity index (χ2n) is 3.95. The largest absolute Gasteiger partial charge is 0.493 e. The van der Waals surface area contributed by atoms with Gasteiger partial charge < -0.3 is 9.84 Å². The number of rotatable bonds is 4. The molecule has 1 aromatic carbocycles. The van der Waals surface area contributed by atoms with Crippen LogP contribution in [0.3, 0.4) is 0 Å². The Morgan fingerprint density at radius 2 is 2.07 bits per heavy atom. The zero-order valence-electron chi connectivity index (χ0n) is 9.08. The number of aryl methyl sites for hydroxylation is 1. The van der Waals surface area contributed by atoms with Crippen LogP contribution >= 0.6 is 0 Å². The lowest BCUT2D eigenvalue weighted by Gasteiger charge is -2.10. The van der Waals surface area contributed by atoms with Gasteiger partial charge in [-0.1, -0.05) is 19.9 Å². The molecule has 0 unspecified atom stereocenters. The van der Waals surface area contributed by atoms with Gasteiger partial charge in [0.1, 0.15) is 5.75 Å². The van der Waals surface area contributed by atoms with Crippen LogP contribution in [0.15, 0.2) is 18.2 Å². The Kier molecular flexibility index (Phi) is 3.96. The zero-order chi connectivity index (χ0) is 10.6. The second-order valence-corrected chi connectivity index (χ2v) is 3.95. The number of benzene rings is 1. The first-order chi connectivity index (χ1) is 6.63. The molecule has 78 valence electrons. The Morgan fingerprint density at radius 1 is 1.36 bits per heavy atom. The minimum absolute atomic E-state index is 0.0935. The smallest absolute Gasteiger partial charge is 0.119 e. The van der Waals surface area contributed by atoms with Gasteiger partial charge in [0.15, 0.2) is 0 Å². The van der Waals surface area contributed by atoms with Gasteiger partial charge in [-0.25, -0.2) is 0 Å². The van der Waals surface area contributed by atoms with Crippen molar-refractivity contribution < 1.29 is 9.84 Å². The van der Waals surface area contributed by atoms with Gasteiger partial charge in [-0.15, -0.1) is 0 Å². The van der Waals surface area contributed by atoms with Gasteiger partial charge in [-0.2, -0.15) is 0 Å². The monoisotopic (exact) mass is 194 g/mol. The second kappa shape index (κ2) is 5.01. The Morgan fingerprint density at radius 3 is 2.57 bits per heavy atom. The predicted molar refractivity (Wildman–Crippen MR) is 57.4 cm³/mol. The molecule has 2 nitrogen and oxygen atoms in total. The Bertz CT molecular complexity index is 292. The van der Waals surface area contributed by atoms with Gasteiger partial charge >= 0.3 is 0 Å². The third-order valence-electron chi connectivity index (χ3n) is 2.07. The van der Waals surface area contributed by atoms with Crippen LogP contribution in [0.25, 0.3) is 0 Å².